The summed E-state index contributed by atoms with van der Waals surface area (Å²) in [6.07, 6.45) is 1.83. The minimum Gasteiger partial charge on any atom is -0.479 e. The lowest BCUT2D eigenvalue weighted by atomic mass is 10.0. The summed E-state index contributed by atoms with van der Waals surface area (Å²) >= 11 is 0. The van der Waals surface area contributed by atoms with Gasteiger partial charge in [0.25, 0.3) is 0 Å². The normalized spacial score (nSPS) is 31.7. The van der Waals surface area contributed by atoms with Gasteiger partial charge in [-0.15, -0.1) is 0 Å². The summed E-state index contributed by atoms with van der Waals surface area (Å²) in [6.45, 7) is 5.84. The van der Waals surface area contributed by atoms with E-state index in [1.165, 1.54) is 4.90 Å². The Labute approximate surface area is 101 Å². The largest absolute Gasteiger partial charge is 0.479 e. The molecule has 1 N–H and O–H groups in total. The molecule has 0 aromatic carbocycles. The first-order valence-corrected chi connectivity index (χ1v) is 6.01. The Hall–Kier alpha value is -1.26. The Balaban J connectivity index is 2.14. The number of ether oxygens (including phenoxy) is 1. The van der Waals surface area contributed by atoms with E-state index in [-0.39, 0.29) is 5.92 Å². The highest BCUT2D eigenvalue weighted by atomic mass is 16.6. The van der Waals surface area contributed by atoms with Crippen LogP contribution in [0.25, 0.3) is 0 Å². The molecule has 5 heteroatoms. The zero-order chi connectivity index (χ0) is 12.8. The van der Waals surface area contributed by atoms with Crippen molar-refractivity contribution in [2.24, 2.45) is 5.92 Å². The molecule has 2 rings (SSSR count). The van der Waals surface area contributed by atoms with Crippen LogP contribution in [0.1, 0.15) is 40.0 Å². The monoisotopic (exact) mass is 241 g/mol. The molecule has 0 bridgehead atoms. The van der Waals surface area contributed by atoms with Crippen molar-refractivity contribution < 1.29 is 19.4 Å². The second kappa shape index (κ2) is 3.62. The fourth-order valence-corrected chi connectivity index (χ4v) is 2.63. The number of piperidine rings is 1. The van der Waals surface area contributed by atoms with Gasteiger partial charge in [0.2, 0.25) is 0 Å². The molecule has 1 aliphatic carbocycles. The summed E-state index contributed by atoms with van der Waals surface area (Å²) in [7, 11) is 0. The molecule has 0 radical (unpaired) electrons. The summed E-state index contributed by atoms with van der Waals surface area (Å²) < 4.78 is 5.27. The number of fused-ring (bicyclic) bond motifs is 1. The summed E-state index contributed by atoms with van der Waals surface area (Å²) in [5.74, 6) is -0.783. The number of amides is 1. The van der Waals surface area contributed by atoms with Gasteiger partial charge in [0.05, 0.1) is 0 Å². The molecule has 0 aromatic heterocycles. The third-order valence-corrected chi connectivity index (χ3v) is 3.47. The van der Waals surface area contributed by atoms with E-state index >= 15 is 0 Å². The van der Waals surface area contributed by atoms with Crippen molar-refractivity contribution in [2.45, 2.75) is 51.2 Å². The number of hydrogen-bond donors (Lipinski definition) is 1. The van der Waals surface area contributed by atoms with Crippen molar-refractivity contribution in [3.63, 3.8) is 0 Å². The van der Waals surface area contributed by atoms with Gasteiger partial charge in [-0.1, -0.05) is 0 Å². The van der Waals surface area contributed by atoms with Crippen LogP contribution in [0, 0.1) is 5.92 Å². The quantitative estimate of drug-likeness (QED) is 0.761. The molecule has 1 saturated carbocycles. The van der Waals surface area contributed by atoms with Crippen LogP contribution >= 0.6 is 0 Å². The maximum Gasteiger partial charge on any atom is 0.411 e. The van der Waals surface area contributed by atoms with Crippen molar-refractivity contribution in [1.82, 2.24) is 4.90 Å². The Bertz CT molecular complexity index is 360. The zero-order valence-electron chi connectivity index (χ0n) is 10.5. The van der Waals surface area contributed by atoms with Gasteiger partial charge in [-0.05, 0) is 46.0 Å². The van der Waals surface area contributed by atoms with Gasteiger partial charge in [-0.25, -0.2) is 9.59 Å². The summed E-state index contributed by atoms with van der Waals surface area (Å²) in [5, 5.41) is 9.31. The van der Waals surface area contributed by atoms with Gasteiger partial charge < -0.3 is 9.84 Å². The molecule has 0 unspecified atom stereocenters. The van der Waals surface area contributed by atoms with Gasteiger partial charge in [0, 0.05) is 6.54 Å². The molecule has 1 aliphatic heterocycles. The molecule has 2 fully saturated rings. The average Bonchev–Trinajstić information content (AvgIpc) is 2.88. The topological polar surface area (TPSA) is 66.8 Å². The summed E-state index contributed by atoms with van der Waals surface area (Å²) in [5.41, 5.74) is -1.56. The van der Waals surface area contributed by atoms with E-state index in [9.17, 15) is 14.7 Å². The number of carboxylic acids is 1. The molecule has 1 amide bonds. The van der Waals surface area contributed by atoms with Crippen LogP contribution in [0.2, 0.25) is 0 Å². The minimum atomic E-state index is -0.972. The van der Waals surface area contributed by atoms with Gasteiger partial charge in [0.1, 0.15) is 11.1 Å². The number of aliphatic carboxylic acids is 1. The number of carboxylic acid groups (broad SMARTS) is 1. The van der Waals surface area contributed by atoms with Crippen LogP contribution in [-0.2, 0) is 9.53 Å². The highest BCUT2D eigenvalue weighted by molar-refractivity contribution is 5.88. The van der Waals surface area contributed by atoms with Crippen LogP contribution < -0.4 is 0 Å². The lowest BCUT2D eigenvalue weighted by Crippen LogP contribution is -2.52. The van der Waals surface area contributed by atoms with E-state index in [4.69, 9.17) is 4.74 Å². The maximum absolute atomic E-state index is 12.0. The number of nitrogens with zero attached hydrogens (tertiary/aromatic N) is 1. The Kier molecular flexibility index (Phi) is 2.60. The molecular weight excluding hydrogens is 222 g/mol. The van der Waals surface area contributed by atoms with E-state index < -0.39 is 23.2 Å². The second-order valence-electron chi connectivity index (χ2n) is 5.90. The summed E-state index contributed by atoms with van der Waals surface area (Å²) in [6, 6.07) is 0. The van der Waals surface area contributed by atoms with Crippen LogP contribution in [0.5, 0.6) is 0 Å². The van der Waals surface area contributed by atoms with E-state index in [1.54, 1.807) is 20.8 Å². The van der Waals surface area contributed by atoms with Crippen molar-refractivity contribution >= 4 is 12.1 Å². The van der Waals surface area contributed by atoms with E-state index in [2.05, 4.69) is 0 Å². The smallest absolute Gasteiger partial charge is 0.411 e. The molecular formula is C12H19NO4. The van der Waals surface area contributed by atoms with Crippen LogP contribution in [0.15, 0.2) is 0 Å². The Morgan fingerprint density at radius 2 is 2.06 bits per heavy atom. The van der Waals surface area contributed by atoms with Crippen LogP contribution in [0.3, 0.4) is 0 Å². The lowest BCUT2D eigenvalue weighted by Gasteiger charge is -2.34. The second-order valence-corrected chi connectivity index (χ2v) is 5.90. The molecule has 17 heavy (non-hydrogen) atoms. The van der Waals surface area contributed by atoms with Crippen molar-refractivity contribution in [3.8, 4) is 0 Å². The standard InChI is InChI=1S/C12H19NO4/c1-11(2,3)17-10(16)13-6-4-5-8-7-12(8,13)9(14)15/h8H,4-7H2,1-3H3,(H,14,15)/t8-,12-/m1/s1. The first-order chi connectivity index (χ1) is 7.77. The first kappa shape index (κ1) is 12.2. The predicted molar refractivity (Wildman–Crippen MR) is 60.6 cm³/mol. The predicted octanol–water partition coefficient (Wildman–Crippen LogP) is 1.86. The number of carbonyl (C=O) groups excluding carboxylic acids is 1. The lowest BCUT2D eigenvalue weighted by molar-refractivity contribution is -0.146. The molecule has 2 atom stereocenters. The summed E-state index contributed by atoms with van der Waals surface area (Å²) in [4.78, 5) is 24.8. The fraction of sp³-hybridized carbons (Fsp3) is 0.833. The van der Waals surface area contributed by atoms with Crippen LogP contribution in [0.4, 0.5) is 4.79 Å². The highest BCUT2D eigenvalue weighted by Gasteiger charge is 2.67. The third kappa shape index (κ3) is 1.98. The number of carbonyl (C=O) groups is 2. The number of hydrogen-bond acceptors (Lipinski definition) is 3. The van der Waals surface area contributed by atoms with Crippen molar-refractivity contribution in [1.29, 1.82) is 0 Å². The molecule has 5 nitrogen and oxygen atoms in total. The molecule has 2 aliphatic rings. The Morgan fingerprint density at radius 3 is 2.59 bits per heavy atom. The van der Waals surface area contributed by atoms with E-state index in [0.717, 1.165) is 12.8 Å². The van der Waals surface area contributed by atoms with Crippen molar-refractivity contribution in [3.05, 3.63) is 0 Å². The van der Waals surface area contributed by atoms with Crippen molar-refractivity contribution in [2.75, 3.05) is 6.54 Å². The average molecular weight is 241 g/mol. The molecule has 0 aromatic rings. The SMILES string of the molecule is CC(C)(C)OC(=O)N1CCC[C@@H]2C[C@]21C(=O)O. The minimum absolute atomic E-state index is 0.112. The highest BCUT2D eigenvalue weighted by Crippen LogP contribution is 2.54. The molecule has 1 saturated heterocycles. The Morgan fingerprint density at radius 1 is 1.41 bits per heavy atom. The third-order valence-electron chi connectivity index (χ3n) is 3.47. The number of likely N-dealkylation sites (tertiary alicyclic amines) is 1. The fourth-order valence-electron chi connectivity index (χ4n) is 2.63. The van der Waals surface area contributed by atoms with Gasteiger partial charge >= 0.3 is 12.1 Å². The molecule has 1 heterocycles. The first-order valence-electron chi connectivity index (χ1n) is 6.01. The van der Waals surface area contributed by atoms with E-state index in [0.29, 0.717) is 13.0 Å². The van der Waals surface area contributed by atoms with Gasteiger partial charge in [-0.3, -0.25) is 4.90 Å². The van der Waals surface area contributed by atoms with Gasteiger partial charge in [-0.2, -0.15) is 0 Å². The maximum atomic E-state index is 12.0. The zero-order valence-corrected chi connectivity index (χ0v) is 10.5. The van der Waals surface area contributed by atoms with E-state index in [1.807, 2.05) is 0 Å². The molecule has 96 valence electrons. The molecule has 0 spiro atoms. The van der Waals surface area contributed by atoms with Gasteiger partial charge in [0.15, 0.2) is 0 Å². The van der Waals surface area contributed by atoms with Crippen LogP contribution in [-0.4, -0.2) is 39.8 Å². The number of rotatable bonds is 1.